The van der Waals surface area contributed by atoms with Gasteiger partial charge in [-0.3, -0.25) is 9.58 Å². The first kappa shape index (κ1) is 15.2. The molecule has 0 aromatic carbocycles. The largest absolute Gasteiger partial charge is 0.382 e. The van der Waals surface area contributed by atoms with Crippen molar-refractivity contribution in [3.63, 3.8) is 0 Å². The molecule has 1 aliphatic rings. The van der Waals surface area contributed by atoms with E-state index in [1.807, 2.05) is 17.1 Å². The van der Waals surface area contributed by atoms with Crippen LogP contribution in [0.3, 0.4) is 0 Å². The Bertz CT molecular complexity index is 634. The molecule has 120 valence electrons. The number of likely N-dealkylation sites (tertiary alicyclic amines) is 1. The fourth-order valence-corrected chi connectivity index (χ4v) is 2.88. The summed E-state index contributed by atoms with van der Waals surface area (Å²) in [5.41, 5.74) is 0.957. The number of aliphatic hydroxyl groups is 1. The molecule has 2 aromatic rings. The molecule has 1 fully saturated rings. The lowest BCUT2D eigenvalue weighted by molar-refractivity contribution is 0.0408. The molecule has 0 radical (unpaired) electrons. The first-order chi connectivity index (χ1) is 10.5. The predicted octanol–water partition coefficient (Wildman–Crippen LogP) is 1.17. The molecule has 22 heavy (non-hydrogen) atoms. The lowest BCUT2D eigenvalue weighted by atomic mass is 10.00. The van der Waals surface area contributed by atoms with Gasteiger partial charge in [0, 0.05) is 44.0 Å². The molecule has 0 amide bonds. The van der Waals surface area contributed by atoms with Gasteiger partial charge in [0.05, 0.1) is 12.4 Å². The van der Waals surface area contributed by atoms with Crippen LogP contribution in [0.25, 0.3) is 0 Å². The Morgan fingerprint density at radius 3 is 2.82 bits per heavy atom. The zero-order valence-electron chi connectivity index (χ0n) is 13.5. The molecule has 2 aromatic heterocycles. The summed E-state index contributed by atoms with van der Waals surface area (Å²) in [6.45, 7) is 9.29. The van der Waals surface area contributed by atoms with Crippen LogP contribution < -0.4 is 0 Å². The van der Waals surface area contributed by atoms with E-state index in [9.17, 15) is 5.11 Å². The average molecular weight is 304 g/mol. The monoisotopic (exact) mass is 304 g/mol. The molecule has 0 bridgehead atoms. The summed E-state index contributed by atoms with van der Waals surface area (Å²) in [6.07, 6.45) is 6.51. The normalized spacial score (nSPS) is 22.8. The number of hydrogen-bond donors (Lipinski definition) is 1. The van der Waals surface area contributed by atoms with Crippen molar-refractivity contribution in [2.24, 2.45) is 0 Å². The van der Waals surface area contributed by atoms with E-state index in [0.29, 0.717) is 18.7 Å². The van der Waals surface area contributed by atoms with E-state index in [0.717, 1.165) is 19.6 Å². The molecular weight excluding hydrogens is 280 g/mol. The lowest BCUT2D eigenvalue weighted by Gasteiger charge is -2.20. The number of rotatable bonds is 5. The van der Waals surface area contributed by atoms with Gasteiger partial charge in [-0.05, 0) is 27.2 Å². The standard InChI is InChI=1S/C15H24N6O/c1-4-20-9-13(7-16-20)8-19-6-5-15(22,11-19)14-10-21(12(2)3)18-17-14/h7,9-10,12,22H,4-6,8,11H2,1-3H3/t15-/m0/s1. The summed E-state index contributed by atoms with van der Waals surface area (Å²) in [7, 11) is 0. The van der Waals surface area contributed by atoms with Crippen LogP contribution in [-0.4, -0.2) is 47.9 Å². The van der Waals surface area contributed by atoms with E-state index >= 15 is 0 Å². The lowest BCUT2D eigenvalue weighted by Crippen LogP contribution is -2.31. The molecule has 1 atom stereocenters. The van der Waals surface area contributed by atoms with Gasteiger partial charge in [0.2, 0.25) is 0 Å². The van der Waals surface area contributed by atoms with E-state index in [4.69, 9.17) is 0 Å². The van der Waals surface area contributed by atoms with Crippen molar-refractivity contribution in [1.82, 2.24) is 29.7 Å². The SMILES string of the molecule is CCn1cc(CN2CC[C@@](O)(c3cn(C(C)C)nn3)C2)cn1. The smallest absolute Gasteiger partial charge is 0.124 e. The van der Waals surface area contributed by atoms with Crippen LogP contribution in [0.15, 0.2) is 18.6 Å². The van der Waals surface area contributed by atoms with Crippen molar-refractivity contribution >= 4 is 0 Å². The predicted molar refractivity (Wildman–Crippen MR) is 82.1 cm³/mol. The van der Waals surface area contributed by atoms with Gasteiger partial charge in [-0.15, -0.1) is 5.10 Å². The van der Waals surface area contributed by atoms with Crippen LogP contribution in [0, 0.1) is 0 Å². The van der Waals surface area contributed by atoms with E-state index in [-0.39, 0.29) is 6.04 Å². The molecular formula is C15H24N6O. The third kappa shape index (κ3) is 2.91. The molecule has 0 saturated carbocycles. The van der Waals surface area contributed by atoms with Gasteiger partial charge in [0.25, 0.3) is 0 Å². The van der Waals surface area contributed by atoms with Crippen LogP contribution in [-0.2, 0) is 18.7 Å². The maximum atomic E-state index is 10.9. The van der Waals surface area contributed by atoms with Crippen LogP contribution in [0.2, 0.25) is 0 Å². The summed E-state index contributed by atoms with van der Waals surface area (Å²) in [5.74, 6) is 0. The van der Waals surface area contributed by atoms with Crippen molar-refractivity contribution in [3.8, 4) is 0 Å². The van der Waals surface area contributed by atoms with Gasteiger partial charge in [-0.2, -0.15) is 5.10 Å². The van der Waals surface area contributed by atoms with Gasteiger partial charge < -0.3 is 5.11 Å². The maximum Gasteiger partial charge on any atom is 0.124 e. The van der Waals surface area contributed by atoms with E-state index in [2.05, 4.69) is 47.3 Å². The second-order valence-electron chi connectivity index (χ2n) is 6.37. The quantitative estimate of drug-likeness (QED) is 0.898. The van der Waals surface area contributed by atoms with E-state index in [1.165, 1.54) is 5.56 Å². The average Bonchev–Trinajstić information content (AvgIpc) is 3.19. The van der Waals surface area contributed by atoms with Crippen LogP contribution in [0.1, 0.15) is 44.5 Å². The van der Waals surface area contributed by atoms with Crippen LogP contribution >= 0.6 is 0 Å². The highest BCUT2D eigenvalue weighted by atomic mass is 16.3. The molecule has 0 unspecified atom stereocenters. The second kappa shape index (κ2) is 5.81. The molecule has 3 rings (SSSR count). The number of aromatic nitrogens is 5. The van der Waals surface area contributed by atoms with Crippen molar-refractivity contribution in [2.45, 2.75) is 51.9 Å². The Balaban J connectivity index is 1.67. The number of aryl methyl sites for hydroxylation is 1. The molecule has 7 nitrogen and oxygen atoms in total. The Kier molecular flexibility index (Phi) is 4.01. The van der Waals surface area contributed by atoms with Crippen molar-refractivity contribution in [2.75, 3.05) is 13.1 Å². The Morgan fingerprint density at radius 2 is 2.18 bits per heavy atom. The second-order valence-corrected chi connectivity index (χ2v) is 6.37. The number of nitrogens with zero attached hydrogens (tertiary/aromatic N) is 6. The minimum Gasteiger partial charge on any atom is -0.382 e. The van der Waals surface area contributed by atoms with E-state index < -0.39 is 5.60 Å². The molecule has 1 saturated heterocycles. The zero-order chi connectivity index (χ0) is 15.7. The minimum absolute atomic E-state index is 0.252. The third-order valence-electron chi connectivity index (χ3n) is 4.26. The molecule has 3 heterocycles. The van der Waals surface area contributed by atoms with Gasteiger partial charge in [-0.25, -0.2) is 4.68 Å². The maximum absolute atomic E-state index is 10.9. The minimum atomic E-state index is -0.895. The molecule has 0 spiro atoms. The summed E-state index contributed by atoms with van der Waals surface area (Å²) in [5, 5.41) is 23.4. The summed E-state index contributed by atoms with van der Waals surface area (Å²) in [4.78, 5) is 2.24. The van der Waals surface area contributed by atoms with Gasteiger partial charge >= 0.3 is 0 Å². The molecule has 1 N–H and O–H groups in total. The molecule has 1 aliphatic heterocycles. The fraction of sp³-hybridized carbons (Fsp3) is 0.667. The van der Waals surface area contributed by atoms with E-state index in [1.54, 1.807) is 4.68 Å². The Labute approximate surface area is 130 Å². The molecule has 0 aliphatic carbocycles. The van der Waals surface area contributed by atoms with Gasteiger partial charge in [0.1, 0.15) is 11.3 Å². The number of β-amino-alcohol motifs (C(OH)–C–C–N with tert-alkyl or cyclic N) is 1. The number of hydrogen-bond acceptors (Lipinski definition) is 5. The topological polar surface area (TPSA) is 72.0 Å². The highest BCUT2D eigenvalue weighted by Crippen LogP contribution is 2.31. The zero-order valence-corrected chi connectivity index (χ0v) is 13.5. The van der Waals surface area contributed by atoms with Gasteiger partial charge in [-0.1, -0.05) is 5.21 Å². The van der Waals surface area contributed by atoms with Crippen molar-refractivity contribution < 1.29 is 5.11 Å². The Hall–Kier alpha value is -1.73. The highest BCUT2D eigenvalue weighted by molar-refractivity contribution is 5.12. The van der Waals surface area contributed by atoms with Crippen molar-refractivity contribution in [1.29, 1.82) is 0 Å². The van der Waals surface area contributed by atoms with Crippen LogP contribution in [0.5, 0.6) is 0 Å². The molecule has 7 heteroatoms. The first-order valence-corrected chi connectivity index (χ1v) is 7.88. The highest BCUT2D eigenvalue weighted by Gasteiger charge is 2.40. The summed E-state index contributed by atoms with van der Waals surface area (Å²) < 4.78 is 3.72. The van der Waals surface area contributed by atoms with Crippen molar-refractivity contribution in [3.05, 3.63) is 29.8 Å². The summed E-state index contributed by atoms with van der Waals surface area (Å²) >= 11 is 0. The fourth-order valence-electron chi connectivity index (χ4n) is 2.88. The Morgan fingerprint density at radius 1 is 1.36 bits per heavy atom. The first-order valence-electron chi connectivity index (χ1n) is 7.88. The third-order valence-corrected chi connectivity index (χ3v) is 4.26. The summed E-state index contributed by atoms with van der Waals surface area (Å²) in [6, 6.07) is 0.252. The van der Waals surface area contributed by atoms with Crippen LogP contribution in [0.4, 0.5) is 0 Å². The van der Waals surface area contributed by atoms with Gasteiger partial charge in [0.15, 0.2) is 0 Å².